The van der Waals surface area contributed by atoms with Gasteiger partial charge in [-0.2, -0.15) is 0 Å². The van der Waals surface area contributed by atoms with E-state index in [9.17, 15) is 9.50 Å². The minimum absolute atomic E-state index is 0.0494. The van der Waals surface area contributed by atoms with Gasteiger partial charge in [0.05, 0.1) is 16.6 Å². The van der Waals surface area contributed by atoms with Gasteiger partial charge in [-0.05, 0) is 27.9 Å². The van der Waals surface area contributed by atoms with E-state index in [4.69, 9.17) is 5.73 Å². The van der Waals surface area contributed by atoms with Crippen LogP contribution in [0.1, 0.15) is 31.9 Å². The number of hydrogen-bond acceptors (Lipinski definition) is 2. The molecule has 0 amide bonds. The Kier molecular flexibility index (Phi) is 4.89. The number of benzene rings is 1. The molecule has 2 nitrogen and oxygen atoms in total. The summed E-state index contributed by atoms with van der Waals surface area (Å²) in [5.74, 6) is -0.342. The summed E-state index contributed by atoms with van der Waals surface area (Å²) in [5.41, 5.74) is 6.22. The maximum atomic E-state index is 13.7. The summed E-state index contributed by atoms with van der Waals surface area (Å²) in [7, 11) is 0. The molecule has 3 N–H and O–H groups in total. The summed E-state index contributed by atoms with van der Waals surface area (Å²) in [4.78, 5) is 0. The molecule has 0 radical (unpaired) electrons. The molecule has 4 heteroatoms. The van der Waals surface area contributed by atoms with Crippen LogP contribution in [-0.4, -0.2) is 11.2 Å². The molecule has 0 aromatic heterocycles. The van der Waals surface area contributed by atoms with Gasteiger partial charge in [-0.1, -0.05) is 32.4 Å². The number of aliphatic hydroxyl groups excluding tert-OH is 1. The quantitative estimate of drug-likeness (QED) is 0.895. The lowest BCUT2D eigenvalue weighted by Gasteiger charge is -2.24. The van der Waals surface area contributed by atoms with Crippen LogP contribution in [-0.2, 0) is 0 Å². The van der Waals surface area contributed by atoms with Crippen molar-refractivity contribution in [2.24, 2.45) is 11.7 Å². The average molecular weight is 290 g/mol. The molecule has 0 saturated heterocycles. The molecule has 0 aliphatic heterocycles. The maximum absolute atomic E-state index is 13.7. The zero-order valence-electron chi connectivity index (χ0n) is 9.45. The fourth-order valence-corrected chi connectivity index (χ4v) is 1.94. The van der Waals surface area contributed by atoms with Gasteiger partial charge < -0.3 is 10.8 Å². The van der Waals surface area contributed by atoms with Crippen LogP contribution in [0.5, 0.6) is 0 Å². The van der Waals surface area contributed by atoms with Gasteiger partial charge in [-0.3, -0.25) is 0 Å². The Hall–Kier alpha value is -0.450. The van der Waals surface area contributed by atoms with Crippen molar-refractivity contribution < 1.29 is 9.50 Å². The molecule has 1 aromatic carbocycles. The molecule has 0 aliphatic carbocycles. The van der Waals surface area contributed by atoms with Crippen molar-refractivity contribution in [3.8, 4) is 0 Å². The normalized spacial score (nSPS) is 16.9. The number of rotatable bonds is 4. The second-order valence-corrected chi connectivity index (χ2v) is 4.90. The lowest BCUT2D eigenvalue weighted by Crippen LogP contribution is -2.32. The molecule has 90 valence electrons. The van der Waals surface area contributed by atoms with Crippen molar-refractivity contribution in [1.82, 2.24) is 0 Å². The Morgan fingerprint density at radius 1 is 1.50 bits per heavy atom. The molecule has 1 rings (SSSR count). The summed E-state index contributed by atoms with van der Waals surface area (Å²) in [5, 5.41) is 9.95. The van der Waals surface area contributed by atoms with Gasteiger partial charge in [-0.25, -0.2) is 4.39 Å². The molecule has 0 heterocycles. The van der Waals surface area contributed by atoms with Gasteiger partial charge >= 0.3 is 0 Å². The Bertz CT molecular complexity index is 359. The molecule has 0 bridgehead atoms. The van der Waals surface area contributed by atoms with E-state index >= 15 is 0 Å². The zero-order valence-corrected chi connectivity index (χ0v) is 11.0. The Morgan fingerprint density at radius 2 is 2.12 bits per heavy atom. The van der Waals surface area contributed by atoms with Crippen molar-refractivity contribution in [1.29, 1.82) is 0 Å². The van der Waals surface area contributed by atoms with E-state index in [1.807, 2.05) is 13.8 Å². The fraction of sp³-hybridized carbons (Fsp3) is 0.500. The Morgan fingerprint density at radius 3 is 2.69 bits per heavy atom. The van der Waals surface area contributed by atoms with Crippen molar-refractivity contribution in [2.75, 3.05) is 0 Å². The SMILES string of the molecule is CCC(C)[C@@H](O)[C@@H](N)c1cccc(Br)c1F. The first-order valence-corrected chi connectivity index (χ1v) is 6.15. The van der Waals surface area contributed by atoms with Crippen molar-refractivity contribution in [3.05, 3.63) is 34.1 Å². The lowest BCUT2D eigenvalue weighted by atomic mass is 9.91. The highest BCUT2D eigenvalue weighted by atomic mass is 79.9. The topological polar surface area (TPSA) is 46.2 Å². The van der Waals surface area contributed by atoms with Crippen LogP contribution >= 0.6 is 15.9 Å². The highest BCUT2D eigenvalue weighted by Crippen LogP contribution is 2.27. The molecule has 0 aliphatic rings. The van der Waals surface area contributed by atoms with Gasteiger partial charge in [-0.15, -0.1) is 0 Å². The monoisotopic (exact) mass is 289 g/mol. The predicted molar refractivity (Wildman–Crippen MR) is 66.5 cm³/mol. The number of halogens is 2. The van der Waals surface area contributed by atoms with Gasteiger partial charge in [0, 0.05) is 5.56 Å². The van der Waals surface area contributed by atoms with E-state index in [1.54, 1.807) is 18.2 Å². The minimum atomic E-state index is -0.728. The zero-order chi connectivity index (χ0) is 12.3. The van der Waals surface area contributed by atoms with Gasteiger partial charge in [0.15, 0.2) is 0 Å². The summed E-state index contributed by atoms with van der Waals surface area (Å²) >= 11 is 3.11. The van der Waals surface area contributed by atoms with Gasteiger partial charge in [0.1, 0.15) is 5.82 Å². The Balaban J connectivity index is 2.96. The van der Waals surface area contributed by atoms with Crippen LogP contribution in [0.2, 0.25) is 0 Å². The predicted octanol–water partition coefficient (Wildman–Crippen LogP) is 3.00. The molecular weight excluding hydrogens is 273 g/mol. The van der Waals surface area contributed by atoms with Crippen LogP contribution in [0.25, 0.3) is 0 Å². The molecule has 16 heavy (non-hydrogen) atoms. The van der Waals surface area contributed by atoms with E-state index in [1.165, 1.54) is 0 Å². The van der Waals surface area contributed by atoms with Crippen LogP contribution in [0, 0.1) is 11.7 Å². The van der Waals surface area contributed by atoms with Crippen LogP contribution in [0.4, 0.5) is 4.39 Å². The van der Waals surface area contributed by atoms with Crippen LogP contribution < -0.4 is 5.73 Å². The molecule has 0 spiro atoms. The maximum Gasteiger partial charge on any atom is 0.142 e. The Labute approximate surface area is 104 Å². The summed E-state index contributed by atoms with van der Waals surface area (Å²) in [6, 6.07) is 4.25. The van der Waals surface area contributed by atoms with Crippen LogP contribution in [0.3, 0.4) is 0 Å². The van der Waals surface area contributed by atoms with Gasteiger partial charge in [0.25, 0.3) is 0 Å². The standard InChI is InChI=1S/C12H17BrFNO/c1-3-7(2)12(16)11(15)8-5-4-6-9(13)10(8)14/h4-7,11-12,16H,3,15H2,1-2H3/t7?,11-,12+/m0/s1. The number of aliphatic hydroxyl groups is 1. The summed E-state index contributed by atoms with van der Waals surface area (Å²) < 4.78 is 14.1. The highest BCUT2D eigenvalue weighted by molar-refractivity contribution is 9.10. The van der Waals surface area contributed by atoms with Crippen LogP contribution in [0.15, 0.2) is 22.7 Å². The highest BCUT2D eigenvalue weighted by Gasteiger charge is 2.24. The van der Waals surface area contributed by atoms with Crippen molar-refractivity contribution in [2.45, 2.75) is 32.4 Å². The molecule has 0 fully saturated rings. The molecular formula is C12H17BrFNO. The molecule has 3 atom stereocenters. The van der Waals surface area contributed by atoms with Crippen molar-refractivity contribution >= 4 is 15.9 Å². The first-order valence-electron chi connectivity index (χ1n) is 5.36. The summed E-state index contributed by atoms with van der Waals surface area (Å²) in [6.45, 7) is 3.87. The fourth-order valence-electron chi connectivity index (χ4n) is 1.56. The van der Waals surface area contributed by atoms with E-state index < -0.39 is 18.0 Å². The average Bonchev–Trinajstić information content (AvgIpc) is 2.29. The first kappa shape index (κ1) is 13.6. The molecule has 0 saturated carbocycles. The van der Waals surface area contributed by atoms with E-state index in [2.05, 4.69) is 15.9 Å². The lowest BCUT2D eigenvalue weighted by molar-refractivity contribution is 0.0867. The number of nitrogens with two attached hydrogens (primary N) is 1. The minimum Gasteiger partial charge on any atom is -0.391 e. The third kappa shape index (κ3) is 2.81. The second-order valence-electron chi connectivity index (χ2n) is 4.04. The largest absolute Gasteiger partial charge is 0.391 e. The van der Waals surface area contributed by atoms with Crippen molar-refractivity contribution in [3.63, 3.8) is 0 Å². The van der Waals surface area contributed by atoms with E-state index in [0.29, 0.717) is 10.0 Å². The summed E-state index contributed by atoms with van der Waals surface area (Å²) in [6.07, 6.45) is 0.0820. The third-order valence-electron chi connectivity index (χ3n) is 2.94. The van der Waals surface area contributed by atoms with E-state index in [-0.39, 0.29) is 5.92 Å². The number of hydrogen-bond donors (Lipinski definition) is 2. The first-order chi connectivity index (χ1) is 7.49. The molecule has 1 unspecified atom stereocenters. The van der Waals surface area contributed by atoms with E-state index in [0.717, 1.165) is 6.42 Å². The second kappa shape index (κ2) is 5.75. The smallest absolute Gasteiger partial charge is 0.142 e. The third-order valence-corrected chi connectivity index (χ3v) is 3.55. The van der Waals surface area contributed by atoms with Gasteiger partial charge in [0.2, 0.25) is 0 Å². The molecule has 1 aromatic rings.